The van der Waals surface area contributed by atoms with Gasteiger partial charge in [0.25, 0.3) is 6.79 Å². The Morgan fingerprint density at radius 3 is 1.17 bits per heavy atom. The summed E-state index contributed by atoms with van der Waals surface area (Å²) >= 11 is 8.80. The van der Waals surface area contributed by atoms with E-state index in [2.05, 4.69) is 40.0 Å². The topological polar surface area (TPSA) is 193 Å². The van der Waals surface area contributed by atoms with Crippen molar-refractivity contribution in [2.75, 3.05) is 26.4 Å². The highest BCUT2D eigenvalue weighted by Gasteiger charge is 2.07. The molecular weight excluding hydrogens is 903 g/mol. The van der Waals surface area contributed by atoms with Crippen molar-refractivity contribution in [1.29, 1.82) is 0 Å². The molecule has 2 heterocycles. The van der Waals surface area contributed by atoms with E-state index in [-0.39, 0.29) is 56.3 Å². The Kier molecular flexibility index (Phi) is 30.6. The minimum Gasteiger partial charge on any atom is -1.00 e. The van der Waals surface area contributed by atoms with Gasteiger partial charge in [-0.05, 0) is 106 Å². The second kappa shape index (κ2) is 35.5. The lowest BCUT2D eigenvalue weighted by Crippen LogP contribution is -3.00. The van der Waals surface area contributed by atoms with E-state index < -0.39 is 17.0 Å². The molecule has 0 fully saturated rings. The number of aromatic amines is 1. The molecule has 0 bridgehead atoms. The van der Waals surface area contributed by atoms with Gasteiger partial charge in [-0.2, -0.15) is 0 Å². The van der Waals surface area contributed by atoms with Crippen molar-refractivity contribution in [3.63, 3.8) is 0 Å². The molecule has 65 heavy (non-hydrogen) atoms. The van der Waals surface area contributed by atoms with E-state index in [4.69, 9.17) is 43.1 Å². The number of carbonyl (C=O) groups excluding carboxylic acids is 5. The number of nitrogens with zero attached hydrogens (tertiary/aromatic N) is 1. The first-order chi connectivity index (χ1) is 30.9. The number of phenolic OH excluding ortho intramolecular Hbond substituents is 2. The number of aromatic nitrogens is 2. The first-order valence-corrected chi connectivity index (χ1v) is 20.2. The first kappa shape index (κ1) is 56.0. The highest BCUT2D eigenvalue weighted by Crippen LogP contribution is 2.15. The summed E-state index contributed by atoms with van der Waals surface area (Å²) in [6.45, 7) is 5.57. The van der Waals surface area contributed by atoms with Crippen LogP contribution in [0.15, 0.2) is 158 Å². The summed E-state index contributed by atoms with van der Waals surface area (Å²) in [5.74, 6) is 1.21. The van der Waals surface area contributed by atoms with Gasteiger partial charge in [0, 0.05) is 69.3 Å². The number of H-pyrrole nitrogens is 1. The summed E-state index contributed by atoms with van der Waals surface area (Å²) in [4.78, 5) is 49.5. The average molecular weight is 953 g/mol. The van der Waals surface area contributed by atoms with Gasteiger partial charge < -0.3 is 46.3 Å². The van der Waals surface area contributed by atoms with E-state index >= 15 is 0 Å². The van der Waals surface area contributed by atoms with Gasteiger partial charge in [0.2, 0.25) is 0 Å². The molecule has 0 spiro atoms. The Morgan fingerprint density at radius 2 is 0.908 bits per heavy atom. The number of nitrogens with one attached hydrogen (secondary N) is 1. The lowest BCUT2D eigenvalue weighted by molar-refractivity contribution is -0.378. The Balaban J connectivity index is 0.000000481. The third-order valence-electron chi connectivity index (χ3n) is 7.76. The summed E-state index contributed by atoms with van der Waals surface area (Å²) in [6.07, 6.45) is 8.11. The SMILES string of the molecule is C=[O+]c1ccc(CCOC(=O)OCCc2ccc(OC(C)=O)cc2)cc1.O=C(Cl)Cl.O=C(OCCc1ccc(O)cc1)OCCc1ccc(O)cc1.[Cl-].c1cc[nH+]cc1.c1ccncc1. The van der Waals surface area contributed by atoms with Gasteiger partial charge >= 0.3 is 28.7 Å². The zero-order valence-corrected chi connectivity index (χ0v) is 37.7. The maximum absolute atomic E-state index is 11.6. The monoisotopic (exact) mass is 951 g/mol. The van der Waals surface area contributed by atoms with Crippen LogP contribution in [0.3, 0.4) is 0 Å². The molecule has 0 saturated heterocycles. The van der Waals surface area contributed by atoms with Gasteiger partial charge in [-0.1, -0.05) is 48.5 Å². The number of benzene rings is 4. The summed E-state index contributed by atoms with van der Waals surface area (Å²) in [5, 5.41) is 18.3. The molecule has 0 aliphatic rings. The number of pyridine rings is 2. The highest BCUT2D eigenvalue weighted by molar-refractivity contribution is 6.93. The van der Waals surface area contributed by atoms with E-state index in [1.54, 1.807) is 85.2 Å². The van der Waals surface area contributed by atoms with Crippen molar-refractivity contribution in [3.05, 3.63) is 181 Å². The number of ether oxygens (including phenoxy) is 5. The molecule has 2 aromatic heterocycles. The summed E-state index contributed by atoms with van der Waals surface area (Å²) in [7, 11) is 0. The number of hydrogen-bond acceptors (Lipinski definition) is 12. The number of rotatable bonds is 14. The van der Waals surface area contributed by atoms with Crippen LogP contribution in [-0.4, -0.2) is 71.4 Å². The van der Waals surface area contributed by atoms with Crippen LogP contribution in [0.25, 0.3) is 0 Å². The van der Waals surface area contributed by atoms with Crippen molar-refractivity contribution >= 4 is 53.0 Å². The van der Waals surface area contributed by atoms with E-state index in [9.17, 15) is 14.4 Å². The van der Waals surface area contributed by atoms with Crippen LogP contribution in [0.5, 0.6) is 23.0 Å². The van der Waals surface area contributed by atoms with Gasteiger partial charge in [-0.15, -0.1) is 0 Å². The van der Waals surface area contributed by atoms with Crippen molar-refractivity contribution in [1.82, 2.24) is 4.98 Å². The fraction of sp³-hybridized carbons (Fsp3) is 0.188. The zero-order valence-electron chi connectivity index (χ0n) is 35.4. The second-order valence-electron chi connectivity index (χ2n) is 12.6. The van der Waals surface area contributed by atoms with E-state index in [0.29, 0.717) is 37.2 Å². The lowest BCUT2D eigenvalue weighted by atomic mass is 10.1. The van der Waals surface area contributed by atoms with E-state index in [0.717, 1.165) is 22.3 Å². The van der Waals surface area contributed by atoms with E-state index in [1.807, 2.05) is 73.1 Å². The predicted molar refractivity (Wildman–Crippen MR) is 241 cm³/mol. The second-order valence-corrected chi connectivity index (χ2v) is 13.5. The molecule has 0 aliphatic carbocycles. The fourth-order valence-electron chi connectivity index (χ4n) is 4.71. The van der Waals surface area contributed by atoms with Crippen LogP contribution in [0.2, 0.25) is 0 Å². The fourth-order valence-corrected chi connectivity index (χ4v) is 4.71. The van der Waals surface area contributed by atoms with E-state index in [1.165, 1.54) is 6.92 Å². The Hall–Kier alpha value is -7.00. The van der Waals surface area contributed by atoms with Crippen LogP contribution in [-0.2, 0) is 53.9 Å². The average Bonchev–Trinajstić information content (AvgIpc) is 3.30. The number of hydrogen-bond donors (Lipinski definition) is 2. The Bertz CT molecular complexity index is 2040. The summed E-state index contributed by atoms with van der Waals surface area (Å²) in [5.41, 5.74) is 3.91. The maximum atomic E-state index is 11.6. The first-order valence-electron chi connectivity index (χ1n) is 19.5. The molecule has 0 amide bonds. The van der Waals surface area contributed by atoms with Crippen molar-refractivity contribution in [2.45, 2.75) is 32.6 Å². The molecular formula is C48H50Cl3N2O12+. The summed E-state index contributed by atoms with van der Waals surface area (Å²) < 4.78 is 28.9. The minimum absolute atomic E-state index is 0. The van der Waals surface area contributed by atoms with Crippen LogP contribution in [0.4, 0.5) is 14.4 Å². The molecule has 0 unspecified atom stereocenters. The van der Waals surface area contributed by atoms with Crippen molar-refractivity contribution in [3.8, 4) is 23.0 Å². The minimum atomic E-state index is -0.889. The number of esters is 1. The number of phenols is 2. The largest absolute Gasteiger partial charge is 1.00 e. The van der Waals surface area contributed by atoms with Gasteiger partial charge in [-0.3, -0.25) is 14.6 Å². The Labute approximate surface area is 393 Å². The van der Waals surface area contributed by atoms with Crippen LogP contribution >= 0.6 is 23.2 Å². The molecule has 0 atom stereocenters. The molecule has 3 N–H and O–H groups in total. The van der Waals surface area contributed by atoms with Crippen molar-refractivity contribution in [2.24, 2.45) is 0 Å². The normalized spacial score (nSPS) is 9.34. The highest BCUT2D eigenvalue weighted by atomic mass is 35.5. The molecule has 344 valence electrons. The van der Waals surface area contributed by atoms with Gasteiger partial charge in [0.15, 0.2) is 12.4 Å². The number of halogens is 3. The van der Waals surface area contributed by atoms with Crippen LogP contribution < -0.4 is 22.1 Å². The third-order valence-corrected chi connectivity index (χ3v) is 7.76. The number of aromatic hydroxyl groups is 2. The summed E-state index contributed by atoms with van der Waals surface area (Å²) in [6, 6.07) is 39.4. The molecule has 6 aromatic rings. The number of carbonyl (C=O) groups is 4. The lowest BCUT2D eigenvalue weighted by Gasteiger charge is -2.07. The predicted octanol–water partition coefficient (Wildman–Crippen LogP) is 6.83. The van der Waals surface area contributed by atoms with Crippen LogP contribution in [0.1, 0.15) is 29.2 Å². The maximum Gasteiger partial charge on any atom is 0.508 e. The molecule has 0 saturated carbocycles. The third kappa shape index (κ3) is 30.7. The molecule has 14 nitrogen and oxygen atoms in total. The van der Waals surface area contributed by atoms with Crippen molar-refractivity contribution < 1.29 is 74.9 Å². The Morgan fingerprint density at radius 1 is 0.569 bits per heavy atom. The van der Waals surface area contributed by atoms with Gasteiger partial charge in [0.05, 0.1) is 26.4 Å². The quantitative estimate of drug-likeness (QED) is 0.0501. The smallest absolute Gasteiger partial charge is 0.508 e. The van der Waals surface area contributed by atoms with Crippen LogP contribution in [0, 0.1) is 0 Å². The zero-order chi connectivity index (χ0) is 46.6. The van der Waals surface area contributed by atoms with Gasteiger partial charge in [0.1, 0.15) is 17.2 Å². The molecule has 0 radical (unpaired) electrons. The molecule has 6 rings (SSSR count). The standard InChI is InChI=1S/C20H21O6.C17H18O5.2C5H5N.CCl2O.ClH/c1-15(21)26-19-9-5-17(6-10-19)12-14-25-20(22)24-13-11-16-3-7-18(23-2)8-4-16;18-15-5-1-13(2-6-15)9-11-21-17(20)22-12-10-14-3-7-16(19)8-4-14;2*1-2-4-6-5-3-1;2-1(3)4;/h3-10H,2,11-14H2,1H3;1-8,18-19H,9-12H2;2*1-5H;;1H/q+1;;;;;. The van der Waals surface area contributed by atoms with Gasteiger partial charge in [-0.25, -0.2) is 19.0 Å². The molecule has 17 heteroatoms. The molecule has 0 aliphatic heterocycles. The molecule has 4 aromatic carbocycles.